The van der Waals surface area contributed by atoms with Crippen LogP contribution in [0.2, 0.25) is 0 Å². The van der Waals surface area contributed by atoms with Gasteiger partial charge in [-0.05, 0) is 17.7 Å². The molecule has 6 nitrogen and oxygen atoms in total. The number of methoxy groups -OCH3 is 2. The molecule has 0 spiro atoms. The van der Waals surface area contributed by atoms with E-state index in [-0.39, 0.29) is 5.91 Å². The second kappa shape index (κ2) is 7.53. The lowest BCUT2D eigenvalue weighted by molar-refractivity contribution is 0.102. The average molecular weight is 337 g/mol. The summed E-state index contributed by atoms with van der Waals surface area (Å²) in [7, 11) is 3.12. The van der Waals surface area contributed by atoms with E-state index < -0.39 is 0 Å². The summed E-state index contributed by atoms with van der Waals surface area (Å²) in [6, 6.07) is 15.2. The molecule has 3 rings (SSSR count). The smallest absolute Gasteiger partial charge is 0.258 e. The fourth-order valence-electron chi connectivity index (χ4n) is 2.46. The highest BCUT2D eigenvalue weighted by atomic mass is 16.5. The highest BCUT2D eigenvalue weighted by molar-refractivity contribution is 6.04. The minimum Gasteiger partial charge on any atom is -0.493 e. The van der Waals surface area contributed by atoms with Crippen molar-refractivity contribution in [1.82, 2.24) is 9.78 Å². The number of hydrogen-bond acceptors (Lipinski definition) is 4. The van der Waals surface area contributed by atoms with Crippen LogP contribution in [0.5, 0.6) is 11.5 Å². The monoisotopic (exact) mass is 337 g/mol. The van der Waals surface area contributed by atoms with Gasteiger partial charge in [-0.3, -0.25) is 9.48 Å². The van der Waals surface area contributed by atoms with Gasteiger partial charge in [-0.1, -0.05) is 30.3 Å². The van der Waals surface area contributed by atoms with Crippen LogP contribution in [0.4, 0.5) is 5.69 Å². The largest absolute Gasteiger partial charge is 0.493 e. The van der Waals surface area contributed by atoms with E-state index in [0.717, 1.165) is 5.56 Å². The number of rotatable bonds is 6. The molecule has 0 saturated heterocycles. The fourth-order valence-corrected chi connectivity index (χ4v) is 2.46. The van der Waals surface area contributed by atoms with Crippen molar-refractivity contribution in [1.29, 1.82) is 0 Å². The van der Waals surface area contributed by atoms with Gasteiger partial charge in [0, 0.05) is 18.0 Å². The zero-order valence-corrected chi connectivity index (χ0v) is 14.1. The van der Waals surface area contributed by atoms with Crippen LogP contribution in [-0.4, -0.2) is 29.9 Å². The number of carbonyl (C=O) groups is 1. The van der Waals surface area contributed by atoms with Crippen LogP contribution in [0.25, 0.3) is 0 Å². The van der Waals surface area contributed by atoms with E-state index in [1.54, 1.807) is 49.5 Å². The van der Waals surface area contributed by atoms with Crippen LogP contribution < -0.4 is 14.8 Å². The Kier molecular flexibility index (Phi) is 4.99. The third-order valence-electron chi connectivity index (χ3n) is 3.72. The number of nitrogens with one attached hydrogen (secondary N) is 1. The number of ether oxygens (including phenoxy) is 2. The Bertz CT molecular complexity index is 859. The van der Waals surface area contributed by atoms with Gasteiger partial charge >= 0.3 is 0 Å². The SMILES string of the molecule is COc1ccc(NC(=O)c2cnn(Cc3ccccc3)c2)cc1OC. The molecule has 1 N–H and O–H groups in total. The standard InChI is InChI=1S/C19H19N3O3/c1-24-17-9-8-16(10-18(17)25-2)21-19(23)15-11-20-22(13-15)12-14-6-4-3-5-7-14/h3-11,13H,12H2,1-2H3,(H,21,23). The first-order chi connectivity index (χ1) is 12.2. The third kappa shape index (κ3) is 3.98. The van der Waals surface area contributed by atoms with Crippen molar-refractivity contribution in [3.63, 3.8) is 0 Å². The first-order valence-corrected chi connectivity index (χ1v) is 7.79. The van der Waals surface area contributed by atoms with E-state index in [2.05, 4.69) is 10.4 Å². The fraction of sp³-hybridized carbons (Fsp3) is 0.158. The summed E-state index contributed by atoms with van der Waals surface area (Å²) in [5.41, 5.74) is 2.24. The lowest BCUT2D eigenvalue weighted by Crippen LogP contribution is -2.11. The lowest BCUT2D eigenvalue weighted by atomic mass is 10.2. The van der Waals surface area contributed by atoms with Gasteiger partial charge in [0.2, 0.25) is 0 Å². The van der Waals surface area contributed by atoms with Gasteiger partial charge in [0.1, 0.15) is 0 Å². The zero-order chi connectivity index (χ0) is 17.6. The van der Waals surface area contributed by atoms with E-state index in [0.29, 0.717) is 29.3 Å². The maximum atomic E-state index is 12.4. The Balaban J connectivity index is 1.70. The topological polar surface area (TPSA) is 65.4 Å². The quantitative estimate of drug-likeness (QED) is 0.750. The van der Waals surface area contributed by atoms with E-state index in [1.165, 1.54) is 0 Å². The number of hydrogen-bond donors (Lipinski definition) is 1. The van der Waals surface area contributed by atoms with Crippen LogP contribution in [0.1, 0.15) is 15.9 Å². The van der Waals surface area contributed by atoms with Gasteiger partial charge in [0.15, 0.2) is 11.5 Å². The summed E-state index contributed by atoms with van der Waals surface area (Å²) < 4.78 is 12.2. The van der Waals surface area contributed by atoms with Crippen LogP contribution in [0, 0.1) is 0 Å². The molecule has 0 atom stereocenters. The molecule has 0 saturated carbocycles. The molecule has 2 aromatic carbocycles. The van der Waals surface area contributed by atoms with Crippen molar-refractivity contribution in [3.05, 3.63) is 72.1 Å². The highest BCUT2D eigenvalue weighted by Crippen LogP contribution is 2.29. The van der Waals surface area contributed by atoms with Crippen molar-refractivity contribution in [2.24, 2.45) is 0 Å². The zero-order valence-electron chi connectivity index (χ0n) is 14.1. The number of benzene rings is 2. The van der Waals surface area contributed by atoms with Crippen molar-refractivity contribution < 1.29 is 14.3 Å². The molecular weight excluding hydrogens is 318 g/mol. The molecule has 128 valence electrons. The van der Waals surface area contributed by atoms with Crippen LogP contribution in [0.3, 0.4) is 0 Å². The van der Waals surface area contributed by atoms with Gasteiger partial charge in [-0.2, -0.15) is 5.10 Å². The van der Waals surface area contributed by atoms with Gasteiger partial charge < -0.3 is 14.8 Å². The molecule has 0 bridgehead atoms. The number of carbonyl (C=O) groups excluding carboxylic acids is 1. The summed E-state index contributed by atoms with van der Waals surface area (Å²) in [4.78, 5) is 12.4. The number of nitrogens with zero attached hydrogens (tertiary/aromatic N) is 2. The molecular formula is C19H19N3O3. The molecule has 0 fully saturated rings. The minimum atomic E-state index is -0.230. The predicted octanol–water partition coefficient (Wildman–Crippen LogP) is 3.20. The van der Waals surface area contributed by atoms with Gasteiger partial charge in [0.05, 0.1) is 32.5 Å². The second-order valence-electron chi connectivity index (χ2n) is 5.44. The van der Waals surface area contributed by atoms with Crippen LogP contribution in [-0.2, 0) is 6.54 Å². The molecule has 0 aliphatic rings. The number of anilines is 1. The van der Waals surface area contributed by atoms with Crippen molar-refractivity contribution >= 4 is 11.6 Å². The Morgan fingerprint density at radius 3 is 2.56 bits per heavy atom. The van der Waals surface area contributed by atoms with Gasteiger partial charge in [0.25, 0.3) is 5.91 Å². The predicted molar refractivity (Wildman–Crippen MR) is 95.3 cm³/mol. The Morgan fingerprint density at radius 2 is 1.84 bits per heavy atom. The van der Waals surface area contributed by atoms with E-state index >= 15 is 0 Å². The maximum Gasteiger partial charge on any atom is 0.258 e. The molecule has 0 unspecified atom stereocenters. The number of amides is 1. The first kappa shape index (κ1) is 16.6. The first-order valence-electron chi connectivity index (χ1n) is 7.79. The molecule has 1 amide bonds. The Hall–Kier alpha value is -3.28. The maximum absolute atomic E-state index is 12.4. The second-order valence-corrected chi connectivity index (χ2v) is 5.44. The van der Waals surface area contributed by atoms with Crippen LogP contribution >= 0.6 is 0 Å². The third-order valence-corrected chi connectivity index (χ3v) is 3.72. The molecule has 0 aliphatic carbocycles. The van der Waals surface area contributed by atoms with E-state index in [9.17, 15) is 4.79 Å². The summed E-state index contributed by atoms with van der Waals surface area (Å²) >= 11 is 0. The highest BCUT2D eigenvalue weighted by Gasteiger charge is 2.11. The van der Waals surface area contributed by atoms with Crippen molar-refractivity contribution in [2.45, 2.75) is 6.54 Å². The Labute approximate surface area is 146 Å². The summed E-state index contributed by atoms with van der Waals surface area (Å²) in [6.07, 6.45) is 3.28. The molecule has 0 radical (unpaired) electrons. The molecule has 25 heavy (non-hydrogen) atoms. The Morgan fingerprint density at radius 1 is 1.08 bits per heavy atom. The van der Waals surface area contributed by atoms with Gasteiger partial charge in [-0.15, -0.1) is 0 Å². The normalized spacial score (nSPS) is 10.3. The molecule has 3 aromatic rings. The minimum absolute atomic E-state index is 0.230. The van der Waals surface area contributed by atoms with Crippen molar-refractivity contribution in [3.8, 4) is 11.5 Å². The van der Waals surface area contributed by atoms with Crippen LogP contribution in [0.15, 0.2) is 60.9 Å². The molecule has 1 heterocycles. The summed E-state index contributed by atoms with van der Waals surface area (Å²) in [5, 5.41) is 7.08. The van der Waals surface area contributed by atoms with Gasteiger partial charge in [-0.25, -0.2) is 0 Å². The number of aromatic nitrogens is 2. The summed E-state index contributed by atoms with van der Waals surface area (Å²) in [5.74, 6) is 0.933. The molecule has 1 aromatic heterocycles. The van der Waals surface area contributed by atoms with E-state index in [1.807, 2.05) is 30.3 Å². The van der Waals surface area contributed by atoms with Crippen molar-refractivity contribution in [2.75, 3.05) is 19.5 Å². The molecule has 0 aliphatic heterocycles. The van der Waals surface area contributed by atoms with E-state index in [4.69, 9.17) is 9.47 Å². The average Bonchev–Trinajstić information content (AvgIpc) is 3.11. The lowest BCUT2D eigenvalue weighted by Gasteiger charge is -2.10. The summed E-state index contributed by atoms with van der Waals surface area (Å²) in [6.45, 7) is 0.616. The molecule has 6 heteroatoms.